The second kappa shape index (κ2) is 7.63. The predicted octanol–water partition coefficient (Wildman–Crippen LogP) is 4.19. The smallest absolute Gasteiger partial charge is 0.416 e. The molecule has 0 radical (unpaired) electrons. The number of hydrogen-bond donors (Lipinski definition) is 0. The van der Waals surface area contributed by atoms with Gasteiger partial charge in [0.05, 0.1) is 32.3 Å². The van der Waals surface area contributed by atoms with Gasteiger partial charge in [-0.1, -0.05) is 11.8 Å². The van der Waals surface area contributed by atoms with Gasteiger partial charge in [-0.3, -0.25) is 0 Å². The molecule has 0 aliphatic carbocycles. The maximum absolute atomic E-state index is 12.8. The number of hydrogen-bond acceptors (Lipinski definition) is 3. The molecule has 2 aromatic carbocycles. The fraction of sp³-hybridized carbons (Fsp3) is 0.211. The van der Waals surface area contributed by atoms with E-state index in [1.165, 1.54) is 20.3 Å². The molecule has 0 aliphatic heterocycles. The van der Waals surface area contributed by atoms with Crippen LogP contribution in [0.5, 0.6) is 11.5 Å². The molecule has 0 saturated carbocycles. The van der Waals surface area contributed by atoms with Gasteiger partial charge in [0.2, 0.25) is 0 Å². The van der Waals surface area contributed by atoms with Gasteiger partial charge in [-0.25, -0.2) is 0 Å². The van der Waals surface area contributed by atoms with Crippen LogP contribution in [0.2, 0.25) is 0 Å². The molecule has 0 N–H and O–H groups in total. The molecule has 2 aromatic rings. The molecule has 0 spiro atoms. The number of halogens is 3. The molecule has 0 heterocycles. The molecule has 0 amide bonds. The van der Waals surface area contributed by atoms with E-state index in [4.69, 9.17) is 14.7 Å². The fourth-order valence-corrected chi connectivity index (χ4v) is 2.18. The highest BCUT2D eigenvalue weighted by Crippen LogP contribution is 2.31. The number of methoxy groups -OCH3 is 2. The van der Waals surface area contributed by atoms with Crippen LogP contribution in [-0.2, 0) is 12.6 Å². The van der Waals surface area contributed by atoms with Gasteiger partial charge >= 0.3 is 6.18 Å². The molecule has 3 nitrogen and oxygen atoms in total. The van der Waals surface area contributed by atoms with E-state index in [9.17, 15) is 13.2 Å². The average molecular weight is 345 g/mol. The maximum Gasteiger partial charge on any atom is 0.416 e. The lowest BCUT2D eigenvalue weighted by Gasteiger charge is -2.09. The van der Waals surface area contributed by atoms with Crippen LogP contribution in [0.1, 0.15) is 22.3 Å². The summed E-state index contributed by atoms with van der Waals surface area (Å²) in [5, 5.41) is 8.84. The lowest BCUT2D eigenvalue weighted by molar-refractivity contribution is -0.137. The van der Waals surface area contributed by atoms with Crippen molar-refractivity contribution in [3.8, 4) is 29.4 Å². The summed E-state index contributed by atoms with van der Waals surface area (Å²) in [5.74, 6) is 6.73. The zero-order valence-electron chi connectivity index (χ0n) is 13.6. The molecule has 2 rings (SSSR count). The van der Waals surface area contributed by atoms with Crippen LogP contribution in [0.3, 0.4) is 0 Å². The van der Waals surface area contributed by atoms with Crippen molar-refractivity contribution in [2.45, 2.75) is 12.6 Å². The Balaban J connectivity index is 2.41. The van der Waals surface area contributed by atoms with E-state index in [1.54, 1.807) is 18.2 Å². The Morgan fingerprint density at radius 1 is 0.960 bits per heavy atom. The topological polar surface area (TPSA) is 42.2 Å². The molecule has 0 saturated heterocycles. The molecular weight excluding hydrogens is 331 g/mol. The van der Waals surface area contributed by atoms with Crippen molar-refractivity contribution in [1.29, 1.82) is 5.26 Å². The van der Waals surface area contributed by atoms with Crippen LogP contribution in [0, 0.1) is 23.2 Å². The number of nitriles is 1. The Kier molecular flexibility index (Phi) is 5.56. The molecule has 0 bridgehead atoms. The largest absolute Gasteiger partial charge is 0.493 e. The van der Waals surface area contributed by atoms with Crippen LogP contribution in [0.4, 0.5) is 13.2 Å². The van der Waals surface area contributed by atoms with Crippen LogP contribution >= 0.6 is 0 Å². The molecule has 0 aromatic heterocycles. The van der Waals surface area contributed by atoms with Gasteiger partial charge in [-0.2, -0.15) is 18.4 Å². The quantitative estimate of drug-likeness (QED) is 0.784. The second-order valence-electron chi connectivity index (χ2n) is 5.02. The molecule has 0 atom stereocenters. The fourth-order valence-electron chi connectivity index (χ4n) is 2.18. The van der Waals surface area contributed by atoms with Gasteiger partial charge < -0.3 is 9.47 Å². The van der Waals surface area contributed by atoms with Crippen LogP contribution in [0.25, 0.3) is 0 Å². The van der Waals surface area contributed by atoms with Crippen molar-refractivity contribution in [1.82, 2.24) is 0 Å². The Bertz CT molecular complexity index is 871. The molecule has 25 heavy (non-hydrogen) atoms. The highest BCUT2D eigenvalue weighted by atomic mass is 19.4. The molecule has 128 valence electrons. The average Bonchev–Trinajstić information content (AvgIpc) is 2.59. The summed E-state index contributed by atoms with van der Waals surface area (Å²) in [4.78, 5) is 0. The summed E-state index contributed by atoms with van der Waals surface area (Å²) in [6.07, 6.45) is -4.61. The minimum Gasteiger partial charge on any atom is -0.493 e. The molecular formula is C19H14F3NO2. The lowest BCUT2D eigenvalue weighted by atomic mass is 10.0. The number of rotatable bonds is 3. The highest BCUT2D eigenvalue weighted by Gasteiger charge is 2.30. The first kappa shape index (κ1) is 18.2. The first-order chi connectivity index (χ1) is 11.9. The number of ether oxygens (including phenoxy) is 2. The van der Waals surface area contributed by atoms with Gasteiger partial charge in [0.25, 0.3) is 0 Å². The van der Waals surface area contributed by atoms with Crippen molar-refractivity contribution in [2.24, 2.45) is 0 Å². The Morgan fingerprint density at radius 3 is 2.28 bits per heavy atom. The van der Waals surface area contributed by atoms with E-state index < -0.39 is 11.7 Å². The van der Waals surface area contributed by atoms with Crippen molar-refractivity contribution >= 4 is 0 Å². The van der Waals surface area contributed by atoms with Gasteiger partial charge in [0.15, 0.2) is 11.5 Å². The minimum atomic E-state index is -4.46. The summed E-state index contributed by atoms with van der Waals surface area (Å²) in [6.45, 7) is 0. The van der Waals surface area contributed by atoms with Crippen LogP contribution in [-0.4, -0.2) is 14.2 Å². The number of nitrogens with zero attached hydrogens (tertiary/aromatic N) is 1. The van der Waals surface area contributed by atoms with Gasteiger partial charge in [-0.15, -0.1) is 0 Å². The third-order valence-corrected chi connectivity index (χ3v) is 3.43. The van der Waals surface area contributed by atoms with E-state index in [2.05, 4.69) is 11.8 Å². The summed E-state index contributed by atoms with van der Waals surface area (Å²) in [6, 6.07) is 10.1. The zero-order valence-corrected chi connectivity index (χ0v) is 13.6. The monoisotopic (exact) mass is 345 g/mol. The van der Waals surface area contributed by atoms with Crippen molar-refractivity contribution < 1.29 is 22.6 Å². The third kappa shape index (κ3) is 4.45. The second-order valence-corrected chi connectivity index (χ2v) is 5.02. The number of alkyl halides is 3. The summed E-state index contributed by atoms with van der Waals surface area (Å²) in [5.41, 5.74) is 0.435. The minimum absolute atomic E-state index is 0.153. The van der Waals surface area contributed by atoms with Crippen LogP contribution < -0.4 is 9.47 Å². The Morgan fingerprint density at radius 2 is 1.68 bits per heavy atom. The highest BCUT2D eigenvalue weighted by molar-refractivity contribution is 5.52. The van der Waals surface area contributed by atoms with Gasteiger partial charge in [-0.05, 0) is 42.0 Å². The van der Waals surface area contributed by atoms with Crippen LogP contribution in [0.15, 0.2) is 36.4 Å². The van der Waals surface area contributed by atoms with Crippen molar-refractivity contribution in [2.75, 3.05) is 14.2 Å². The predicted molar refractivity (Wildman–Crippen MR) is 86.3 cm³/mol. The van der Waals surface area contributed by atoms with E-state index in [0.717, 1.165) is 12.1 Å². The van der Waals surface area contributed by atoms with Gasteiger partial charge in [0, 0.05) is 11.1 Å². The normalized spacial score (nSPS) is 10.4. The Labute approximate surface area is 143 Å². The van der Waals surface area contributed by atoms with E-state index in [1.807, 2.05) is 6.07 Å². The Hall–Kier alpha value is -3.12. The zero-order chi connectivity index (χ0) is 18.4. The maximum atomic E-state index is 12.8. The summed E-state index contributed by atoms with van der Waals surface area (Å²) < 4.78 is 48.7. The molecule has 0 fully saturated rings. The van der Waals surface area contributed by atoms with E-state index in [0.29, 0.717) is 22.6 Å². The summed E-state index contributed by atoms with van der Waals surface area (Å²) in [7, 11) is 3.01. The summed E-state index contributed by atoms with van der Waals surface area (Å²) >= 11 is 0. The van der Waals surface area contributed by atoms with E-state index >= 15 is 0 Å². The lowest BCUT2D eigenvalue weighted by Crippen LogP contribution is -2.06. The molecule has 0 unspecified atom stereocenters. The first-order valence-corrected chi connectivity index (χ1v) is 7.20. The SMILES string of the molecule is COc1ccc(C#Cc2ccc(C(F)(F)F)cc2CC#N)cc1OC. The van der Waals surface area contributed by atoms with E-state index in [-0.39, 0.29) is 12.0 Å². The van der Waals surface area contributed by atoms with Gasteiger partial charge in [0.1, 0.15) is 0 Å². The molecule has 6 heteroatoms. The first-order valence-electron chi connectivity index (χ1n) is 7.20. The number of benzene rings is 2. The molecule has 0 aliphatic rings. The standard InChI is InChI=1S/C19H14F3NO2/c1-24-17-8-4-13(11-18(17)25-2)3-5-14-6-7-16(19(20,21)22)12-15(14)9-10-23/h4,6-8,11-12H,9H2,1-2H3. The van der Waals surface area contributed by atoms with Crippen molar-refractivity contribution in [3.05, 3.63) is 58.7 Å². The third-order valence-electron chi connectivity index (χ3n) is 3.43. The van der Waals surface area contributed by atoms with Crippen molar-refractivity contribution in [3.63, 3.8) is 0 Å².